The molecule has 0 aliphatic rings. The minimum Gasteiger partial charge on any atom is -0.384 e. The second-order valence-corrected chi connectivity index (χ2v) is 41.8. The van der Waals surface area contributed by atoms with Crippen molar-refractivity contribution in [1.82, 2.24) is 124 Å². The lowest BCUT2D eigenvalue weighted by atomic mass is 10.1. The second kappa shape index (κ2) is 63.6. The maximum atomic E-state index is 13.7. The fourth-order valence-electron chi connectivity index (χ4n) is 12.8. The van der Waals surface area contributed by atoms with Crippen LogP contribution in [-0.2, 0) is 89.7 Å². The number of alkyl halides is 3. The highest BCUT2D eigenvalue weighted by Gasteiger charge is 2.33. The average Bonchev–Trinajstić information content (AvgIpc) is 1.27. The summed E-state index contributed by atoms with van der Waals surface area (Å²) in [5.41, 5.74) is 24.2. The summed E-state index contributed by atoms with van der Waals surface area (Å²) in [6, 6.07) is 20.5. The summed E-state index contributed by atoms with van der Waals surface area (Å²) < 4.78 is 54.1. The summed E-state index contributed by atoms with van der Waals surface area (Å²) in [6.45, 7) is 28.4. The summed E-state index contributed by atoms with van der Waals surface area (Å²) in [5, 5.41) is 15.3. The van der Waals surface area contributed by atoms with Gasteiger partial charge in [0.1, 0.15) is 17.5 Å². The van der Waals surface area contributed by atoms with Crippen LogP contribution in [0, 0.1) is 75.1 Å². The van der Waals surface area contributed by atoms with E-state index in [-0.39, 0.29) is 52.1 Å². The minimum atomic E-state index is -4.37. The maximum Gasteiger partial charge on any atom is 0.416 e. The van der Waals surface area contributed by atoms with Crippen molar-refractivity contribution >= 4 is 194 Å². The van der Waals surface area contributed by atoms with Crippen LogP contribution in [0.15, 0.2) is 221 Å². The Kier molecular flexibility index (Phi) is 52.7. The number of nitrogens with zero attached hydrogens (tertiary/aromatic N) is 22. The zero-order chi connectivity index (χ0) is 108. The van der Waals surface area contributed by atoms with E-state index in [0.717, 1.165) is 145 Å². The molecular weight excluding hydrogens is 2220 g/mol. The third kappa shape index (κ3) is 43.3. The number of hydrogen-bond acceptors (Lipinski definition) is 34. The first-order valence-corrected chi connectivity index (χ1v) is 55.5. The van der Waals surface area contributed by atoms with E-state index in [1.807, 2.05) is 117 Å². The Morgan fingerprint density at radius 1 is 0.373 bits per heavy atom. The number of hydrogen-bond donors (Lipinski definition) is 5. The molecule has 1 amide bonds. The van der Waals surface area contributed by atoms with Crippen LogP contribution in [0.25, 0.3) is 0 Å². The molecule has 16 rings (SSSR count). The third-order valence-electron chi connectivity index (χ3n) is 19.7. The molecule has 0 unspecified atom stereocenters. The van der Waals surface area contributed by atoms with Gasteiger partial charge in [-0.05, 0) is 165 Å². The normalized spacial score (nSPS) is 10.7. The van der Waals surface area contributed by atoms with Gasteiger partial charge >= 0.3 is 6.18 Å². The molecule has 0 spiro atoms. The first-order valence-electron chi connectivity index (χ1n) is 45.4. The Balaban J connectivity index is 0.000000209. The average molecular weight is 2330 g/mol. The number of nitrogens with one attached hydrogen (secondary N) is 4. The molecule has 0 bridgehead atoms. The van der Waals surface area contributed by atoms with Crippen molar-refractivity contribution in [2.45, 2.75) is 223 Å². The molecule has 6 N–H and O–H groups in total. The number of aromatic amines is 3. The fraction of sp³-hybridized carbons (Fsp3) is 0.290. The van der Waals surface area contributed by atoms with Crippen LogP contribution < -0.4 is 27.7 Å². The van der Waals surface area contributed by atoms with E-state index in [1.165, 1.54) is 142 Å². The van der Waals surface area contributed by atoms with Gasteiger partial charge in [0, 0.05) is 262 Å². The molecule has 790 valence electrons. The number of thioether (sulfide) groups is 8. The number of carbonyl (C=O) groups is 1. The van der Waals surface area contributed by atoms with E-state index < -0.39 is 11.7 Å². The number of amides is 1. The number of nitrogens with two attached hydrogens (primary N) is 1. The standard InChI is InChI=1S/C13H12Cl2N4OS.C13H12F3N3S.C13H14FN3OS.C13H18N4S.2C13H15N3OS.C11H10Cl2N4S.C11H9Cl2N3S.ClH/c1-7-3-12(18-8(2)20)19-13(17-7)21-6-9-10(14)4-16-5-11(9)15;1-8-5-9(2)19-12(18-8)20-7-10-6-17-4-3-11(10)13(14,15)16;1-3-9-5-15-6-11(14)10(9)7-19-13-16-8(2)4-12(18)17-13;1-5-11-7-17(4)16-12(11)8-18-13-14-9(2)6-10(3)15-13;1-3-10-7-14-5-4-11(10)8-18-13-15-9(2)6-12(17)16-13;1-3-11-10(5-4-6-14-11)8-18-13-15-9(2)7-12(17)16-13;1-6-2-10(14)17-11(16-6)18-5-7-8(12)3-15-4-9(7)13;1-7-2-3-15-11(16-7)17-6-8-9(12)4-14-5-10(8)13;/h3-5H,6H2,1-2H3,(H,17,18,19,20);3-6H,7H2,1-2H3;4-6H,3,7H2,1-2H3,(H,16,17,18);6-7H,5,8H2,1-4H3;2*4-7H,3,8H2,1-2H3,(H,15,16,17);2-4H,5H2,1H3,(H2,14,16,17);2-5H,6H2,1H3;1H. The Labute approximate surface area is 935 Å². The molecule has 16 heterocycles. The van der Waals surface area contributed by atoms with Crippen molar-refractivity contribution < 1.29 is 22.4 Å². The van der Waals surface area contributed by atoms with Crippen LogP contribution in [-0.4, -0.2) is 130 Å². The van der Waals surface area contributed by atoms with Crippen molar-refractivity contribution in [2.75, 3.05) is 11.1 Å². The van der Waals surface area contributed by atoms with E-state index in [1.54, 1.807) is 92.8 Å². The monoisotopic (exact) mass is 2330 g/mol. The zero-order valence-corrected chi connectivity index (χ0v) is 96.0. The van der Waals surface area contributed by atoms with Crippen molar-refractivity contribution in [3.8, 4) is 0 Å². The van der Waals surface area contributed by atoms with Gasteiger partial charge < -0.3 is 26.0 Å². The molecule has 0 saturated heterocycles. The minimum absolute atomic E-state index is 0. The third-order valence-corrected chi connectivity index (χ3v) is 28.8. The second-order valence-electron chi connectivity index (χ2n) is 31.8. The van der Waals surface area contributed by atoms with Gasteiger partial charge in [-0.2, -0.15) is 18.3 Å². The lowest BCUT2D eigenvalue weighted by Crippen LogP contribution is -2.09. The van der Waals surface area contributed by atoms with Crippen LogP contribution in [0.2, 0.25) is 30.1 Å². The fourth-order valence-corrected chi connectivity index (χ4v) is 22.4. The molecule has 0 aliphatic heterocycles. The van der Waals surface area contributed by atoms with Crippen molar-refractivity contribution in [3.63, 3.8) is 0 Å². The predicted molar refractivity (Wildman–Crippen MR) is 600 cm³/mol. The molecule has 0 fully saturated rings. The highest BCUT2D eigenvalue weighted by Crippen LogP contribution is 2.37. The highest BCUT2D eigenvalue weighted by atomic mass is 35.5. The van der Waals surface area contributed by atoms with Crippen LogP contribution in [0.5, 0.6) is 0 Å². The van der Waals surface area contributed by atoms with E-state index in [0.29, 0.717) is 112 Å². The molecule has 16 aromatic rings. The number of H-pyrrole nitrogens is 3. The Morgan fingerprint density at radius 3 is 1.21 bits per heavy atom. The number of aryl methyl sites for hydroxylation is 15. The van der Waals surface area contributed by atoms with Gasteiger partial charge in [-0.1, -0.05) is 197 Å². The van der Waals surface area contributed by atoms with Crippen LogP contribution in [0.1, 0.15) is 164 Å². The number of carbonyl (C=O) groups excluding carboxylic acids is 1. The van der Waals surface area contributed by atoms with Crippen molar-refractivity contribution in [2.24, 2.45) is 7.05 Å². The molecular formula is C100H106Cl7F4N27O4S8. The summed E-state index contributed by atoms with van der Waals surface area (Å²) in [7, 11) is 1.96. The first kappa shape index (κ1) is 124. The first-order chi connectivity index (χ1) is 71.1. The highest BCUT2D eigenvalue weighted by molar-refractivity contribution is 8.00. The van der Waals surface area contributed by atoms with Crippen molar-refractivity contribution in [3.05, 3.63) is 362 Å². The number of rotatable bonds is 29. The summed E-state index contributed by atoms with van der Waals surface area (Å²) in [5.74, 6) is 5.09. The van der Waals surface area contributed by atoms with Gasteiger partial charge in [-0.25, -0.2) is 69.2 Å². The SMILES string of the molecule is CC(=O)Nc1cc(C)nc(SCc2c(Cl)cncc2Cl)n1.CCc1cn(C)nc1CSc1nc(C)cc(C)n1.CCc1cncc(F)c1CSc1nc(C)cc(=O)[nH]1.CCc1cnccc1CSc1nc(C)cc(=O)[nH]1.CCc1ncccc1CSc1nc(C)cc(=O)[nH]1.Cc1cc(C)nc(SCc2cnccc2C(F)(F)F)n1.Cc1cc(N)nc(SCc2c(Cl)cncc2Cl)n1.Cc1ccnc(SCc2c(Cl)cncc2Cl)n1.Cl. The number of halogens is 11. The summed E-state index contributed by atoms with van der Waals surface area (Å²) in [6.07, 6.45) is 23.2. The van der Waals surface area contributed by atoms with Gasteiger partial charge in [-0.15, -0.1) is 12.4 Å². The smallest absolute Gasteiger partial charge is 0.384 e. The largest absolute Gasteiger partial charge is 0.416 e. The quantitative estimate of drug-likeness (QED) is 0.0165. The molecule has 50 heteroatoms. The van der Waals surface area contributed by atoms with Gasteiger partial charge in [0.15, 0.2) is 41.3 Å². The molecule has 150 heavy (non-hydrogen) atoms. The zero-order valence-electron chi connectivity index (χ0n) is 84.1. The van der Waals surface area contributed by atoms with Gasteiger partial charge in [0.05, 0.1) is 47.6 Å². The van der Waals surface area contributed by atoms with E-state index in [2.05, 4.69) is 158 Å². The number of aromatic nitrogens is 25. The van der Waals surface area contributed by atoms with E-state index >= 15 is 0 Å². The van der Waals surface area contributed by atoms with E-state index in [4.69, 9.17) is 75.3 Å². The van der Waals surface area contributed by atoms with Gasteiger partial charge in [0.2, 0.25) is 5.91 Å². The molecule has 31 nitrogen and oxygen atoms in total. The predicted octanol–water partition coefficient (Wildman–Crippen LogP) is 24.9. The summed E-state index contributed by atoms with van der Waals surface area (Å²) in [4.78, 5) is 136. The summed E-state index contributed by atoms with van der Waals surface area (Å²) >= 11 is 47.8. The molecule has 0 atom stereocenters. The van der Waals surface area contributed by atoms with Gasteiger partial charge in [-0.3, -0.25) is 58.7 Å². The molecule has 0 saturated carbocycles. The van der Waals surface area contributed by atoms with Gasteiger partial charge in [0.25, 0.3) is 16.7 Å². The molecule has 0 aliphatic carbocycles. The molecule has 16 aromatic heterocycles. The lowest BCUT2D eigenvalue weighted by molar-refractivity contribution is -0.138. The Hall–Kier alpha value is -10.9. The topological polar surface area (TPSA) is 429 Å². The Morgan fingerprint density at radius 2 is 0.760 bits per heavy atom. The molecule has 0 aromatic carbocycles. The lowest BCUT2D eigenvalue weighted by Gasteiger charge is -2.11. The van der Waals surface area contributed by atoms with Crippen LogP contribution in [0.3, 0.4) is 0 Å². The molecule has 0 radical (unpaired) electrons. The maximum absolute atomic E-state index is 13.7. The van der Waals surface area contributed by atoms with E-state index in [9.17, 15) is 36.7 Å². The van der Waals surface area contributed by atoms with Crippen LogP contribution in [0.4, 0.5) is 29.2 Å². The van der Waals surface area contributed by atoms with Crippen molar-refractivity contribution in [1.29, 1.82) is 0 Å². The number of pyridine rings is 7. The Bertz CT molecular complexity index is 7140. The number of nitrogen functional groups attached to an aromatic ring is 1. The number of anilines is 2. The van der Waals surface area contributed by atoms with Crippen LogP contribution >= 0.6 is 176 Å².